The van der Waals surface area contributed by atoms with Gasteiger partial charge in [-0.05, 0) is 49.9 Å². The van der Waals surface area contributed by atoms with Crippen molar-refractivity contribution in [1.29, 1.82) is 0 Å². The summed E-state index contributed by atoms with van der Waals surface area (Å²) < 4.78 is 5.84. The van der Waals surface area contributed by atoms with Gasteiger partial charge in [0.05, 0.1) is 12.1 Å². The van der Waals surface area contributed by atoms with E-state index in [1.807, 2.05) is 30.3 Å². The molecule has 0 saturated heterocycles. The molecule has 0 unspecified atom stereocenters. The summed E-state index contributed by atoms with van der Waals surface area (Å²) in [4.78, 5) is 4.13. The molecule has 0 spiro atoms. The Morgan fingerprint density at radius 1 is 1.20 bits per heavy atom. The maximum Gasteiger partial charge on any atom is 0.152 e. The number of H-pyrrole nitrogens is 1. The molecule has 4 rings (SSSR count). The van der Waals surface area contributed by atoms with Crippen LogP contribution in [0, 0.1) is 0 Å². The molecule has 130 valence electrons. The highest BCUT2D eigenvalue weighted by Crippen LogP contribution is 2.36. The summed E-state index contributed by atoms with van der Waals surface area (Å²) in [5.74, 6) is 1.70. The van der Waals surface area contributed by atoms with Gasteiger partial charge in [0, 0.05) is 30.2 Å². The summed E-state index contributed by atoms with van der Waals surface area (Å²) in [6.07, 6.45) is 8.57. The van der Waals surface area contributed by atoms with Gasteiger partial charge in [-0.1, -0.05) is 6.07 Å². The van der Waals surface area contributed by atoms with Crippen molar-refractivity contribution >= 4 is 0 Å². The third-order valence-electron chi connectivity index (χ3n) is 5.00. The van der Waals surface area contributed by atoms with E-state index < -0.39 is 5.60 Å². The maximum absolute atomic E-state index is 10.9. The lowest BCUT2D eigenvalue weighted by Crippen LogP contribution is -2.39. The fraction of sp³-hybridized carbons (Fsp3) is 0.368. The maximum atomic E-state index is 10.9. The lowest BCUT2D eigenvalue weighted by molar-refractivity contribution is -0.00887. The summed E-state index contributed by atoms with van der Waals surface area (Å²) in [6, 6.07) is 10.0. The normalized spacial score (nSPS) is 23.6. The van der Waals surface area contributed by atoms with Crippen LogP contribution in [0.15, 0.2) is 53.3 Å². The SMILES string of the molecule is OC1(c2cccnc2)CCC(NCc2ccc(-c3ccn[nH]3)o2)CC1. The van der Waals surface area contributed by atoms with Gasteiger partial charge in [-0.15, -0.1) is 0 Å². The van der Waals surface area contributed by atoms with Crippen molar-refractivity contribution in [1.82, 2.24) is 20.5 Å². The molecule has 1 aliphatic rings. The largest absolute Gasteiger partial charge is 0.458 e. The minimum absolute atomic E-state index is 0.387. The molecule has 6 nitrogen and oxygen atoms in total. The fourth-order valence-electron chi connectivity index (χ4n) is 3.48. The van der Waals surface area contributed by atoms with Gasteiger partial charge >= 0.3 is 0 Å². The summed E-state index contributed by atoms with van der Waals surface area (Å²) in [7, 11) is 0. The Morgan fingerprint density at radius 2 is 2.08 bits per heavy atom. The van der Waals surface area contributed by atoms with Crippen LogP contribution in [0.4, 0.5) is 0 Å². The molecule has 0 atom stereocenters. The van der Waals surface area contributed by atoms with Crippen molar-refractivity contribution in [3.05, 3.63) is 60.2 Å². The van der Waals surface area contributed by atoms with E-state index in [0.717, 1.165) is 48.5 Å². The van der Waals surface area contributed by atoms with Crippen LogP contribution in [0.3, 0.4) is 0 Å². The number of nitrogens with one attached hydrogen (secondary N) is 2. The smallest absolute Gasteiger partial charge is 0.152 e. The van der Waals surface area contributed by atoms with E-state index in [2.05, 4.69) is 20.5 Å². The number of hydrogen-bond donors (Lipinski definition) is 3. The second-order valence-electron chi connectivity index (χ2n) is 6.66. The van der Waals surface area contributed by atoms with E-state index in [9.17, 15) is 5.11 Å². The van der Waals surface area contributed by atoms with Crippen LogP contribution in [0.2, 0.25) is 0 Å². The Kier molecular flexibility index (Phi) is 4.38. The van der Waals surface area contributed by atoms with Crippen molar-refractivity contribution in [3.8, 4) is 11.5 Å². The molecule has 6 heteroatoms. The number of aromatic nitrogens is 3. The Labute approximate surface area is 146 Å². The predicted molar refractivity (Wildman–Crippen MR) is 93.5 cm³/mol. The number of furan rings is 1. The standard InChI is InChI=1S/C19H22N4O2/c24-19(14-2-1-10-20-12-14)8-5-15(6-9-19)21-13-16-3-4-18(25-16)17-7-11-22-23-17/h1-4,7,10-12,15,21,24H,5-6,8-9,13H2,(H,22,23). The molecule has 0 amide bonds. The molecule has 3 N–H and O–H groups in total. The Bertz CT molecular complexity index is 790. The summed E-state index contributed by atoms with van der Waals surface area (Å²) >= 11 is 0. The van der Waals surface area contributed by atoms with Crippen molar-refractivity contribution in [2.45, 2.75) is 43.9 Å². The molecular weight excluding hydrogens is 316 g/mol. The van der Waals surface area contributed by atoms with Crippen molar-refractivity contribution in [2.75, 3.05) is 0 Å². The molecule has 0 radical (unpaired) electrons. The molecule has 0 aliphatic heterocycles. The van der Waals surface area contributed by atoms with E-state index in [0.29, 0.717) is 12.6 Å². The second-order valence-corrected chi connectivity index (χ2v) is 6.66. The first-order chi connectivity index (χ1) is 12.2. The number of pyridine rings is 1. The van der Waals surface area contributed by atoms with Gasteiger partial charge in [0.25, 0.3) is 0 Å². The van der Waals surface area contributed by atoms with E-state index in [1.54, 1.807) is 18.6 Å². The molecule has 3 aromatic rings. The quantitative estimate of drug-likeness (QED) is 0.666. The highest BCUT2D eigenvalue weighted by Gasteiger charge is 2.34. The lowest BCUT2D eigenvalue weighted by Gasteiger charge is -2.36. The average molecular weight is 338 g/mol. The molecule has 1 aliphatic carbocycles. The van der Waals surface area contributed by atoms with Crippen molar-refractivity contribution in [3.63, 3.8) is 0 Å². The van der Waals surface area contributed by atoms with E-state index in [1.165, 1.54) is 0 Å². The van der Waals surface area contributed by atoms with Gasteiger partial charge in [-0.25, -0.2) is 0 Å². The van der Waals surface area contributed by atoms with Crippen LogP contribution in [0.1, 0.15) is 37.0 Å². The third-order valence-corrected chi connectivity index (χ3v) is 5.00. The number of aromatic amines is 1. The molecule has 3 aromatic heterocycles. The zero-order valence-electron chi connectivity index (χ0n) is 14.0. The van der Waals surface area contributed by atoms with Crippen LogP contribution in [0.5, 0.6) is 0 Å². The van der Waals surface area contributed by atoms with Crippen molar-refractivity contribution < 1.29 is 9.52 Å². The van der Waals surface area contributed by atoms with Crippen molar-refractivity contribution in [2.24, 2.45) is 0 Å². The van der Waals surface area contributed by atoms with Crippen LogP contribution < -0.4 is 5.32 Å². The van der Waals surface area contributed by atoms with Crippen LogP contribution in [-0.4, -0.2) is 26.3 Å². The summed E-state index contributed by atoms with van der Waals surface area (Å²) in [5.41, 5.74) is 1.05. The third kappa shape index (κ3) is 3.50. The molecular formula is C19H22N4O2. The van der Waals surface area contributed by atoms with E-state index in [-0.39, 0.29) is 0 Å². The first-order valence-corrected chi connectivity index (χ1v) is 8.68. The molecule has 25 heavy (non-hydrogen) atoms. The monoisotopic (exact) mass is 338 g/mol. The zero-order chi connectivity index (χ0) is 17.1. The summed E-state index contributed by atoms with van der Waals surface area (Å²) in [5, 5.41) is 21.2. The first-order valence-electron chi connectivity index (χ1n) is 8.68. The average Bonchev–Trinajstić information content (AvgIpc) is 3.34. The zero-order valence-corrected chi connectivity index (χ0v) is 14.0. The topological polar surface area (TPSA) is 87.0 Å². The van der Waals surface area contributed by atoms with E-state index >= 15 is 0 Å². The van der Waals surface area contributed by atoms with Gasteiger partial charge in [0.2, 0.25) is 0 Å². The van der Waals surface area contributed by atoms with Gasteiger partial charge in [-0.3, -0.25) is 10.1 Å². The summed E-state index contributed by atoms with van der Waals surface area (Å²) in [6.45, 7) is 0.685. The predicted octanol–water partition coefficient (Wildman–Crippen LogP) is 2.98. The van der Waals surface area contributed by atoms with E-state index in [4.69, 9.17) is 4.42 Å². The molecule has 1 fully saturated rings. The Balaban J connectivity index is 1.31. The van der Waals surface area contributed by atoms with Gasteiger partial charge in [0.1, 0.15) is 11.5 Å². The molecule has 0 bridgehead atoms. The second kappa shape index (κ2) is 6.82. The minimum atomic E-state index is -0.745. The number of rotatable bonds is 5. The number of nitrogens with zero attached hydrogens (tertiary/aromatic N) is 2. The molecule has 1 saturated carbocycles. The van der Waals surface area contributed by atoms with Gasteiger partial charge in [0.15, 0.2) is 5.76 Å². The minimum Gasteiger partial charge on any atom is -0.458 e. The van der Waals surface area contributed by atoms with Crippen LogP contribution in [0.25, 0.3) is 11.5 Å². The molecule has 3 heterocycles. The fourth-order valence-corrected chi connectivity index (χ4v) is 3.48. The number of aliphatic hydroxyl groups is 1. The highest BCUT2D eigenvalue weighted by molar-refractivity contribution is 5.51. The van der Waals surface area contributed by atoms with Crippen LogP contribution in [-0.2, 0) is 12.1 Å². The Hall–Kier alpha value is -2.44. The Morgan fingerprint density at radius 3 is 2.80 bits per heavy atom. The van der Waals surface area contributed by atoms with Crippen LogP contribution >= 0.6 is 0 Å². The first kappa shape index (κ1) is 16.1. The highest BCUT2D eigenvalue weighted by atomic mass is 16.3. The van der Waals surface area contributed by atoms with Gasteiger partial charge < -0.3 is 14.8 Å². The van der Waals surface area contributed by atoms with Gasteiger partial charge in [-0.2, -0.15) is 5.10 Å². The molecule has 0 aromatic carbocycles. The lowest BCUT2D eigenvalue weighted by atomic mass is 9.78. The number of hydrogen-bond acceptors (Lipinski definition) is 5.